The van der Waals surface area contributed by atoms with Gasteiger partial charge in [0.2, 0.25) is 5.91 Å². The summed E-state index contributed by atoms with van der Waals surface area (Å²) < 4.78 is 5.34. The van der Waals surface area contributed by atoms with Crippen molar-refractivity contribution in [2.75, 3.05) is 20.2 Å². The lowest BCUT2D eigenvalue weighted by Crippen LogP contribution is -2.42. The molecule has 1 saturated heterocycles. The summed E-state index contributed by atoms with van der Waals surface area (Å²) in [5.41, 5.74) is 5.44. The maximum absolute atomic E-state index is 11.4. The van der Waals surface area contributed by atoms with Crippen LogP contribution in [0.5, 0.6) is 0 Å². The van der Waals surface area contributed by atoms with E-state index in [1.807, 2.05) is 0 Å². The number of hydrogen-bond acceptors (Lipinski definition) is 3. The number of hydrogen-bond donors (Lipinski definition) is 1. The molecule has 1 aliphatic carbocycles. The molecule has 1 amide bonds. The van der Waals surface area contributed by atoms with Gasteiger partial charge in [0.15, 0.2) is 0 Å². The van der Waals surface area contributed by atoms with Crippen molar-refractivity contribution in [3.63, 3.8) is 0 Å². The average molecular weight is 226 g/mol. The first kappa shape index (κ1) is 11.9. The summed E-state index contributed by atoms with van der Waals surface area (Å²) in [6, 6.07) is -0.106. The van der Waals surface area contributed by atoms with Crippen LogP contribution in [0.15, 0.2) is 0 Å². The number of carbonyl (C=O) groups excluding carboxylic acids is 1. The van der Waals surface area contributed by atoms with Gasteiger partial charge in [0, 0.05) is 20.2 Å². The highest BCUT2D eigenvalue weighted by molar-refractivity contribution is 5.80. The maximum atomic E-state index is 11.4. The zero-order chi connectivity index (χ0) is 11.5. The second kappa shape index (κ2) is 5.15. The molecule has 1 aliphatic heterocycles. The van der Waals surface area contributed by atoms with E-state index in [-0.39, 0.29) is 18.1 Å². The molecule has 0 spiro atoms. The minimum Gasteiger partial charge on any atom is -0.380 e. The SMILES string of the molecule is CO[C@H]1C[C@@H](C(N)=O)N(CC2CCCC2)C1. The van der Waals surface area contributed by atoms with Crippen LogP contribution in [0.3, 0.4) is 0 Å². The number of likely N-dealkylation sites (tertiary alicyclic amines) is 1. The number of carbonyl (C=O) groups is 1. The molecule has 4 heteroatoms. The Morgan fingerprint density at radius 2 is 2.12 bits per heavy atom. The minimum absolute atomic E-state index is 0.106. The number of nitrogens with two attached hydrogens (primary N) is 1. The van der Waals surface area contributed by atoms with Crippen molar-refractivity contribution in [2.24, 2.45) is 11.7 Å². The van der Waals surface area contributed by atoms with Gasteiger partial charge in [-0.15, -0.1) is 0 Å². The smallest absolute Gasteiger partial charge is 0.234 e. The van der Waals surface area contributed by atoms with Crippen molar-refractivity contribution in [2.45, 2.75) is 44.2 Å². The van der Waals surface area contributed by atoms with Crippen molar-refractivity contribution < 1.29 is 9.53 Å². The van der Waals surface area contributed by atoms with Crippen LogP contribution < -0.4 is 5.73 Å². The predicted octanol–water partition coefficient (Wildman–Crippen LogP) is 0.751. The highest BCUT2D eigenvalue weighted by atomic mass is 16.5. The van der Waals surface area contributed by atoms with Crippen LogP contribution in [0.2, 0.25) is 0 Å². The Balaban J connectivity index is 1.92. The van der Waals surface area contributed by atoms with Crippen LogP contribution in [-0.4, -0.2) is 43.2 Å². The van der Waals surface area contributed by atoms with Gasteiger partial charge in [-0.2, -0.15) is 0 Å². The Kier molecular flexibility index (Phi) is 3.82. The van der Waals surface area contributed by atoms with Gasteiger partial charge in [0.1, 0.15) is 0 Å². The highest BCUT2D eigenvalue weighted by Crippen LogP contribution is 2.29. The van der Waals surface area contributed by atoms with Gasteiger partial charge in [-0.1, -0.05) is 12.8 Å². The van der Waals surface area contributed by atoms with E-state index in [0.717, 1.165) is 25.4 Å². The highest BCUT2D eigenvalue weighted by Gasteiger charge is 2.36. The first-order valence-corrected chi connectivity index (χ1v) is 6.27. The first-order valence-electron chi connectivity index (χ1n) is 6.27. The van der Waals surface area contributed by atoms with Gasteiger partial charge in [-0.3, -0.25) is 9.69 Å². The van der Waals surface area contributed by atoms with E-state index < -0.39 is 0 Å². The third-order valence-corrected chi connectivity index (χ3v) is 3.99. The molecule has 92 valence electrons. The van der Waals surface area contributed by atoms with Gasteiger partial charge < -0.3 is 10.5 Å². The molecule has 2 rings (SSSR count). The lowest BCUT2D eigenvalue weighted by molar-refractivity contribution is -0.122. The molecule has 0 aromatic rings. The molecule has 1 saturated carbocycles. The van der Waals surface area contributed by atoms with E-state index in [1.165, 1.54) is 25.7 Å². The summed E-state index contributed by atoms with van der Waals surface area (Å²) in [5, 5.41) is 0. The third kappa shape index (κ3) is 2.55. The quantitative estimate of drug-likeness (QED) is 0.769. The Morgan fingerprint density at radius 1 is 1.44 bits per heavy atom. The van der Waals surface area contributed by atoms with Gasteiger partial charge in [-0.25, -0.2) is 0 Å². The zero-order valence-electron chi connectivity index (χ0n) is 10.0. The first-order chi connectivity index (χ1) is 7.70. The van der Waals surface area contributed by atoms with Gasteiger partial charge >= 0.3 is 0 Å². The van der Waals surface area contributed by atoms with Gasteiger partial charge in [0.25, 0.3) is 0 Å². The van der Waals surface area contributed by atoms with Crippen molar-refractivity contribution in [3.8, 4) is 0 Å². The van der Waals surface area contributed by atoms with Crippen LogP contribution >= 0.6 is 0 Å². The van der Waals surface area contributed by atoms with E-state index in [4.69, 9.17) is 10.5 Å². The second-order valence-corrected chi connectivity index (χ2v) is 5.12. The monoisotopic (exact) mass is 226 g/mol. The van der Waals surface area contributed by atoms with Gasteiger partial charge in [-0.05, 0) is 25.2 Å². The van der Waals surface area contributed by atoms with Crippen LogP contribution in [-0.2, 0) is 9.53 Å². The fraction of sp³-hybridized carbons (Fsp3) is 0.917. The summed E-state index contributed by atoms with van der Waals surface area (Å²) in [5.74, 6) is 0.565. The molecule has 0 aromatic heterocycles. The lowest BCUT2D eigenvalue weighted by Gasteiger charge is -2.24. The predicted molar refractivity (Wildman–Crippen MR) is 61.9 cm³/mol. The standard InChI is InChI=1S/C12H22N2O2/c1-16-10-6-11(12(13)15)14(8-10)7-9-4-2-3-5-9/h9-11H,2-8H2,1H3,(H2,13,15)/t10-,11-/m0/s1. The topological polar surface area (TPSA) is 55.6 Å². The number of nitrogens with zero attached hydrogens (tertiary/aromatic N) is 1. The zero-order valence-corrected chi connectivity index (χ0v) is 10.0. The Hall–Kier alpha value is -0.610. The third-order valence-electron chi connectivity index (χ3n) is 3.99. The average Bonchev–Trinajstić information content (AvgIpc) is 2.87. The van der Waals surface area contributed by atoms with Crippen molar-refractivity contribution >= 4 is 5.91 Å². The molecular weight excluding hydrogens is 204 g/mol. The fourth-order valence-electron chi connectivity index (χ4n) is 3.05. The van der Waals surface area contributed by atoms with Crippen molar-refractivity contribution in [3.05, 3.63) is 0 Å². The van der Waals surface area contributed by atoms with Crippen LogP contribution in [0.4, 0.5) is 0 Å². The van der Waals surface area contributed by atoms with Gasteiger partial charge in [0.05, 0.1) is 12.1 Å². The Morgan fingerprint density at radius 3 is 2.69 bits per heavy atom. The molecule has 2 atom stereocenters. The van der Waals surface area contributed by atoms with E-state index in [2.05, 4.69) is 4.90 Å². The number of primary amides is 1. The molecule has 1 heterocycles. The van der Waals surface area contributed by atoms with E-state index in [1.54, 1.807) is 7.11 Å². The van der Waals surface area contributed by atoms with E-state index >= 15 is 0 Å². The van der Waals surface area contributed by atoms with E-state index in [0.29, 0.717) is 0 Å². The number of rotatable bonds is 4. The molecule has 0 bridgehead atoms. The van der Waals surface area contributed by atoms with Crippen LogP contribution in [0.1, 0.15) is 32.1 Å². The largest absolute Gasteiger partial charge is 0.380 e. The fourth-order valence-corrected chi connectivity index (χ4v) is 3.05. The summed E-state index contributed by atoms with van der Waals surface area (Å²) in [4.78, 5) is 13.6. The molecule has 16 heavy (non-hydrogen) atoms. The Labute approximate surface area is 97.1 Å². The van der Waals surface area contributed by atoms with Crippen molar-refractivity contribution in [1.29, 1.82) is 0 Å². The lowest BCUT2D eigenvalue weighted by atomic mass is 10.1. The molecule has 2 aliphatic rings. The van der Waals surface area contributed by atoms with Crippen LogP contribution in [0, 0.1) is 5.92 Å². The summed E-state index contributed by atoms with van der Waals surface area (Å²) in [7, 11) is 1.71. The van der Waals surface area contributed by atoms with Crippen molar-refractivity contribution in [1.82, 2.24) is 4.90 Å². The van der Waals surface area contributed by atoms with E-state index in [9.17, 15) is 4.79 Å². The molecule has 0 aromatic carbocycles. The summed E-state index contributed by atoms with van der Waals surface area (Å²) in [6.07, 6.45) is 6.23. The second-order valence-electron chi connectivity index (χ2n) is 5.12. The molecule has 2 N–H and O–H groups in total. The molecular formula is C12H22N2O2. The molecule has 2 fully saturated rings. The normalized spacial score (nSPS) is 32.3. The maximum Gasteiger partial charge on any atom is 0.234 e. The summed E-state index contributed by atoms with van der Waals surface area (Å²) >= 11 is 0. The summed E-state index contributed by atoms with van der Waals surface area (Å²) in [6.45, 7) is 1.88. The molecule has 0 unspecified atom stereocenters. The number of ether oxygens (including phenoxy) is 1. The number of amides is 1. The Bertz CT molecular complexity index is 251. The van der Waals surface area contributed by atoms with Crippen LogP contribution in [0.25, 0.3) is 0 Å². The number of methoxy groups -OCH3 is 1. The molecule has 0 radical (unpaired) electrons. The minimum atomic E-state index is -0.197. The molecule has 4 nitrogen and oxygen atoms in total.